The molecular formula is C12H15ClFNO2. The molecule has 1 aromatic rings. The average molecular weight is 260 g/mol. The standard InChI is InChI=1S/C12H15ClFNO2/c13-8-1-4-12(11(14)5-8)17-7-10(16)6-15-9-2-3-9/h1,4-5,9-10,15-16H,2-3,6-7H2. The van der Waals surface area contributed by atoms with E-state index in [0.29, 0.717) is 17.6 Å². The zero-order valence-corrected chi connectivity index (χ0v) is 10.1. The fraction of sp³-hybridized carbons (Fsp3) is 0.500. The topological polar surface area (TPSA) is 41.5 Å². The lowest BCUT2D eigenvalue weighted by Crippen LogP contribution is -2.32. The summed E-state index contributed by atoms with van der Waals surface area (Å²) < 4.78 is 18.5. The minimum absolute atomic E-state index is 0.0677. The van der Waals surface area contributed by atoms with Crippen molar-refractivity contribution in [3.8, 4) is 5.75 Å². The van der Waals surface area contributed by atoms with Crippen LogP contribution in [0.25, 0.3) is 0 Å². The van der Waals surface area contributed by atoms with Crippen molar-refractivity contribution in [3.63, 3.8) is 0 Å². The molecule has 5 heteroatoms. The third-order valence-corrected chi connectivity index (χ3v) is 2.78. The summed E-state index contributed by atoms with van der Waals surface area (Å²) in [6, 6.07) is 4.73. The first-order valence-corrected chi connectivity index (χ1v) is 6.02. The van der Waals surface area contributed by atoms with Gasteiger partial charge >= 0.3 is 0 Å². The molecule has 1 aliphatic rings. The highest BCUT2D eigenvalue weighted by molar-refractivity contribution is 6.30. The molecule has 3 nitrogen and oxygen atoms in total. The molecule has 0 amide bonds. The van der Waals surface area contributed by atoms with E-state index in [9.17, 15) is 9.50 Å². The first kappa shape index (κ1) is 12.6. The maximum atomic E-state index is 13.3. The van der Waals surface area contributed by atoms with Crippen molar-refractivity contribution in [2.45, 2.75) is 25.0 Å². The number of rotatable bonds is 6. The summed E-state index contributed by atoms with van der Waals surface area (Å²) in [5, 5.41) is 13.1. The monoisotopic (exact) mass is 259 g/mol. The van der Waals surface area contributed by atoms with Crippen LogP contribution in [-0.4, -0.2) is 30.4 Å². The Hall–Kier alpha value is -0.840. The molecule has 2 N–H and O–H groups in total. The molecule has 1 unspecified atom stereocenters. The van der Waals surface area contributed by atoms with Crippen LogP contribution in [0.4, 0.5) is 4.39 Å². The Kier molecular flexibility index (Phi) is 4.20. The van der Waals surface area contributed by atoms with Crippen LogP contribution in [0.3, 0.4) is 0 Å². The Bertz CT molecular complexity index is 385. The highest BCUT2D eigenvalue weighted by Gasteiger charge is 2.21. The molecule has 0 aromatic heterocycles. The lowest BCUT2D eigenvalue weighted by molar-refractivity contribution is 0.104. The number of halogens is 2. The van der Waals surface area contributed by atoms with Gasteiger partial charge in [0.25, 0.3) is 0 Å². The number of hydrogen-bond donors (Lipinski definition) is 2. The first-order chi connectivity index (χ1) is 8.15. The van der Waals surface area contributed by atoms with Gasteiger partial charge < -0.3 is 15.2 Å². The van der Waals surface area contributed by atoms with E-state index in [4.69, 9.17) is 16.3 Å². The smallest absolute Gasteiger partial charge is 0.166 e. The van der Waals surface area contributed by atoms with Gasteiger partial charge in [0, 0.05) is 17.6 Å². The Balaban J connectivity index is 1.75. The SMILES string of the molecule is OC(CNC1CC1)COc1ccc(Cl)cc1F. The zero-order chi connectivity index (χ0) is 12.3. The fourth-order valence-electron chi connectivity index (χ4n) is 1.43. The number of nitrogens with one attached hydrogen (secondary N) is 1. The molecule has 1 atom stereocenters. The lowest BCUT2D eigenvalue weighted by atomic mass is 10.3. The number of benzene rings is 1. The molecule has 17 heavy (non-hydrogen) atoms. The van der Waals surface area contributed by atoms with Gasteiger partial charge in [-0.1, -0.05) is 11.6 Å². The molecule has 0 bridgehead atoms. The predicted octanol–water partition coefficient (Wildman–Crippen LogP) is 1.97. The Morgan fingerprint density at radius 1 is 1.53 bits per heavy atom. The van der Waals surface area contributed by atoms with Crippen LogP contribution in [0.5, 0.6) is 5.75 Å². The Morgan fingerprint density at radius 3 is 2.94 bits per heavy atom. The summed E-state index contributed by atoms with van der Waals surface area (Å²) in [5.74, 6) is -0.403. The normalized spacial score (nSPS) is 16.9. The molecule has 0 spiro atoms. The molecule has 1 saturated carbocycles. The van der Waals surface area contributed by atoms with Gasteiger partial charge in [-0.05, 0) is 31.0 Å². The molecular weight excluding hydrogens is 245 g/mol. The number of aliphatic hydroxyl groups is 1. The van der Waals surface area contributed by atoms with E-state index in [2.05, 4.69) is 5.32 Å². The fourth-order valence-corrected chi connectivity index (χ4v) is 1.59. The molecule has 1 fully saturated rings. The Labute approximate surface area is 105 Å². The third-order valence-electron chi connectivity index (χ3n) is 2.54. The van der Waals surface area contributed by atoms with Crippen LogP contribution >= 0.6 is 11.6 Å². The van der Waals surface area contributed by atoms with Crippen molar-refractivity contribution >= 4 is 11.6 Å². The maximum Gasteiger partial charge on any atom is 0.166 e. The van der Waals surface area contributed by atoms with Gasteiger partial charge in [0.1, 0.15) is 12.7 Å². The first-order valence-electron chi connectivity index (χ1n) is 5.64. The van der Waals surface area contributed by atoms with Crippen LogP contribution in [0.2, 0.25) is 5.02 Å². The molecule has 94 valence electrons. The van der Waals surface area contributed by atoms with Crippen LogP contribution in [0, 0.1) is 5.82 Å². The summed E-state index contributed by atoms with van der Waals surface area (Å²) in [6.07, 6.45) is 1.70. The third kappa shape index (κ3) is 4.15. The summed E-state index contributed by atoms with van der Waals surface area (Å²) in [6.45, 7) is 0.540. The van der Waals surface area contributed by atoms with E-state index in [1.807, 2.05) is 0 Å². The molecule has 1 aliphatic carbocycles. The second-order valence-corrected chi connectivity index (χ2v) is 4.66. The highest BCUT2D eigenvalue weighted by Crippen LogP contribution is 2.21. The summed E-state index contributed by atoms with van der Waals surface area (Å²) in [7, 11) is 0. The van der Waals surface area contributed by atoms with E-state index in [-0.39, 0.29) is 12.4 Å². The van der Waals surface area contributed by atoms with Crippen molar-refractivity contribution in [1.82, 2.24) is 5.32 Å². The minimum Gasteiger partial charge on any atom is -0.488 e. The van der Waals surface area contributed by atoms with Crippen molar-refractivity contribution in [3.05, 3.63) is 29.0 Å². The van der Waals surface area contributed by atoms with E-state index in [1.165, 1.54) is 25.0 Å². The predicted molar refractivity (Wildman–Crippen MR) is 63.9 cm³/mol. The van der Waals surface area contributed by atoms with Crippen LogP contribution in [-0.2, 0) is 0 Å². The largest absolute Gasteiger partial charge is 0.488 e. The zero-order valence-electron chi connectivity index (χ0n) is 9.33. The number of hydrogen-bond acceptors (Lipinski definition) is 3. The van der Waals surface area contributed by atoms with Crippen LogP contribution in [0.1, 0.15) is 12.8 Å². The van der Waals surface area contributed by atoms with Gasteiger partial charge in [-0.2, -0.15) is 0 Å². The number of ether oxygens (including phenoxy) is 1. The molecule has 1 aromatic carbocycles. The quantitative estimate of drug-likeness (QED) is 0.821. The van der Waals surface area contributed by atoms with Gasteiger partial charge in [-0.25, -0.2) is 4.39 Å². The van der Waals surface area contributed by atoms with Crippen molar-refractivity contribution in [2.75, 3.05) is 13.2 Å². The van der Waals surface area contributed by atoms with Crippen LogP contribution < -0.4 is 10.1 Å². The number of aliphatic hydroxyl groups excluding tert-OH is 1. The van der Waals surface area contributed by atoms with Gasteiger partial charge in [-0.15, -0.1) is 0 Å². The van der Waals surface area contributed by atoms with E-state index >= 15 is 0 Å². The van der Waals surface area contributed by atoms with Gasteiger partial charge in [0.05, 0.1) is 0 Å². The molecule has 2 rings (SSSR count). The second-order valence-electron chi connectivity index (χ2n) is 4.22. The second kappa shape index (κ2) is 5.67. The van der Waals surface area contributed by atoms with Crippen molar-refractivity contribution in [1.29, 1.82) is 0 Å². The highest BCUT2D eigenvalue weighted by atomic mass is 35.5. The summed E-state index contributed by atoms with van der Waals surface area (Å²) in [5.41, 5.74) is 0. The van der Waals surface area contributed by atoms with Crippen LogP contribution in [0.15, 0.2) is 18.2 Å². The molecule has 0 heterocycles. The maximum absolute atomic E-state index is 13.3. The van der Waals surface area contributed by atoms with Crippen molar-refractivity contribution in [2.24, 2.45) is 0 Å². The van der Waals surface area contributed by atoms with Gasteiger partial charge in [0.15, 0.2) is 11.6 Å². The van der Waals surface area contributed by atoms with E-state index in [0.717, 1.165) is 0 Å². The molecule has 0 saturated heterocycles. The molecule has 0 aliphatic heterocycles. The average Bonchev–Trinajstić information content (AvgIpc) is 3.09. The van der Waals surface area contributed by atoms with E-state index < -0.39 is 11.9 Å². The van der Waals surface area contributed by atoms with E-state index in [1.54, 1.807) is 6.07 Å². The summed E-state index contributed by atoms with van der Waals surface area (Å²) >= 11 is 5.62. The summed E-state index contributed by atoms with van der Waals surface area (Å²) in [4.78, 5) is 0. The van der Waals surface area contributed by atoms with Gasteiger partial charge in [-0.3, -0.25) is 0 Å². The Morgan fingerprint density at radius 2 is 2.29 bits per heavy atom. The lowest BCUT2D eigenvalue weighted by Gasteiger charge is -2.13. The van der Waals surface area contributed by atoms with Gasteiger partial charge in [0.2, 0.25) is 0 Å². The molecule has 0 radical (unpaired) electrons. The minimum atomic E-state index is -0.634. The van der Waals surface area contributed by atoms with Crippen molar-refractivity contribution < 1.29 is 14.2 Å².